The molecule has 0 unspecified atom stereocenters. The summed E-state index contributed by atoms with van der Waals surface area (Å²) in [5, 5.41) is 2.57. The third kappa shape index (κ3) is 7.24. The van der Waals surface area contributed by atoms with E-state index < -0.39 is 0 Å². The number of rotatable bonds is 3. The second-order valence-electron chi connectivity index (χ2n) is 30.5. The van der Waals surface area contributed by atoms with Crippen LogP contribution in [0.4, 0.5) is 34.1 Å². The Balaban J connectivity index is 1.19. The lowest BCUT2D eigenvalue weighted by Crippen LogP contribution is -2.62. The normalized spacial score (nSPS) is 21.8. The molecule has 3 heteroatoms. The van der Waals surface area contributed by atoms with Crippen LogP contribution in [0.2, 0.25) is 0 Å². The van der Waals surface area contributed by atoms with Gasteiger partial charge in [-0.05, 0) is 239 Å². The fraction of sp³-hybridized carbons (Fsp3) is 0.452. The zero-order valence-corrected chi connectivity index (χ0v) is 49.5. The maximum Gasteiger partial charge on any atom is 0.252 e. The van der Waals surface area contributed by atoms with Crippen molar-refractivity contribution < 1.29 is 0 Å². The lowest BCUT2D eigenvalue weighted by molar-refractivity contribution is 0.332. The van der Waals surface area contributed by atoms with Gasteiger partial charge in [0.05, 0.1) is 5.69 Å². The van der Waals surface area contributed by atoms with Gasteiger partial charge >= 0.3 is 0 Å². The molecule has 0 bridgehead atoms. The van der Waals surface area contributed by atoms with Crippen molar-refractivity contribution in [3.63, 3.8) is 0 Å². The Morgan fingerprint density at radius 3 is 1.22 bits per heavy atom. The number of aryl methyl sites for hydroxylation is 1. The smallest absolute Gasteiger partial charge is 0.252 e. The highest BCUT2D eigenvalue weighted by Crippen LogP contribution is 2.57. The second kappa shape index (κ2) is 15.8. The third-order valence-electron chi connectivity index (χ3n) is 21.5. The Labute approximate surface area is 458 Å². The molecule has 0 aromatic heterocycles. The average molecular weight is 1000 g/mol. The van der Waals surface area contributed by atoms with Crippen LogP contribution in [-0.4, -0.2) is 6.71 Å². The first kappa shape index (κ1) is 50.0. The van der Waals surface area contributed by atoms with E-state index in [0.717, 1.165) is 6.42 Å². The molecule has 0 fully saturated rings. The molecule has 2 aliphatic heterocycles. The number of nitrogens with zero attached hydrogens (tertiary/aromatic N) is 2. The van der Waals surface area contributed by atoms with Crippen LogP contribution in [0, 0.1) is 6.92 Å². The van der Waals surface area contributed by atoms with Gasteiger partial charge in [-0.1, -0.05) is 165 Å². The van der Waals surface area contributed by atoms with Crippen molar-refractivity contribution in [3.05, 3.63) is 159 Å². The van der Waals surface area contributed by atoms with E-state index in [0.29, 0.717) is 0 Å². The van der Waals surface area contributed by atoms with Crippen LogP contribution in [-0.2, 0) is 43.3 Å². The van der Waals surface area contributed by atoms with Crippen LogP contribution in [0.15, 0.2) is 109 Å². The summed E-state index contributed by atoms with van der Waals surface area (Å²) in [6.45, 7) is 42.5. The third-order valence-corrected chi connectivity index (χ3v) is 21.5. The number of benzene rings is 7. The van der Waals surface area contributed by atoms with Gasteiger partial charge in [0, 0.05) is 34.0 Å². The molecule has 7 aromatic rings. The first-order valence-corrected chi connectivity index (χ1v) is 29.5. The van der Waals surface area contributed by atoms with E-state index in [4.69, 9.17) is 0 Å². The zero-order valence-electron chi connectivity index (χ0n) is 49.5. The van der Waals surface area contributed by atoms with Crippen LogP contribution in [0.1, 0.15) is 212 Å². The first-order chi connectivity index (χ1) is 35.5. The van der Waals surface area contributed by atoms with E-state index in [1.165, 1.54) is 167 Å². The summed E-state index contributed by atoms with van der Waals surface area (Å²) in [5.41, 5.74) is 28.7. The first-order valence-electron chi connectivity index (χ1n) is 29.5. The Bertz CT molecular complexity index is 3640. The predicted molar refractivity (Wildman–Crippen MR) is 329 cm³/mol. The molecule has 0 saturated heterocycles. The lowest BCUT2D eigenvalue weighted by atomic mass is 9.32. The maximum atomic E-state index is 2.81. The molecule has 0 N–H and O–H groups in total. The summed E-state index contributed by atoms with van der Waals surface area (Å²) in [4.78, 5) is 5.57. The summed E-state index contributed by atoms with van der Waals surface area (Å²) < 4.78 is 0. The van der Waals surface area contributed by atoms with Crippen LogP contribution < -0.4 is 26.2 Å². The van der Waals surface area contributed by atoms with E-state index >= 15 is 0 Å². The SMILES string of the molecule is Cc1cc2c3c(c1)N(c1cc4c(cc1-c1ccc5ccccc5c1)C(C)(C)CCC4(C)C)c1cc4c(cc1B3c1cc3c(cc1N2c1ccc2c(c1)C(C)(C)CCC2(C)C)C(C)(C)CCC3(C)C)C(C)(C)CCC4(C)C. The minimum Gasteiger partial charge on any atom is -0.311 e. The highest BCUT2D eigenvalue weighted by molar-refractivity contribution is 7.00. The molecule has 13 rings (SSSR count). The molecule has 0 saturated carbocycles. The van der Waals surface area contributed by atoms with E-state index in [1.807, 2.05) is 0 Å². The molecule has 0 radical (unpaired) electrons. The number of anilines is 6. The second-order valence-corrected chi connectivity index (χ2v) is 30.5. The van der Waals surface area contributed by atoms with Gasteiger partial charge in [-0.25, -0.2) is 0 Å². The van der Waals surface area contributed by atoms with E-state index in [1.54, 1.807) is 0 Å². The van der Waals surface area contributed by atoms with E-state index in [-0.39, 0.29) is 50.0 Å². The van der Waals surface area contributed by atoms with Crippen molar-refractivity contribution in [2.24, 2.45) is 0 Å². The fourth-order valence-corrected chi connectivity index (χ4v) is 15.9. The Hall–Kier alpha value is -5.54. The molecular weight excluding hydrogens is 916 g/mol. The minimum atomic E-state index is 0.0147. The fourth-order valence-electron chi connectivity index (χ4n) is 15.9. The van der Waals surface area contributed by atoms with Gasteiger partial charge in [-0.3, -0.25) is 0 Å². The summed E-state index contributed by atoms with van der Waals surface area (Å²) in [7, 11) is 0. The van der Waals surface area contributed by atoms with Crippen molar-refractivity contribution >= 4 is 68.0 Å². The maximum absolute atomic E-state index is 2.81. The van der Waals surface area contributed by atoms with Crippen molar-refractivity contribution in [1.29, 1.82) is 0 Å². The Kier molecular flexibility index (Phi) is 10.4. The van der Waals surface area contributed by atoms with Crippen LogP contribution >= 0.6 is 0 Å². The van der Waals surface area contributed by atoms with Crippen molar-refractivity contribution in [1.82, 2.24) is 0 Å². The Morgan fingerprint density at radius 1 is 0.329 bits per heavy atom. The highest BCUT2D eigenvalue weighted by atomic mass is 15.2. The van der Waals surface area contributed by atoms with Gasteiger partial charge < -0.3 is 9.80 Å². The summed E-state index contributed by atoms with van der Waals surface area (Å²) >= 11 is 0. The Morgan fingerprint density at radius 2 is 0.724 bits per heavy atom. The van der Waals surface area contributed by atoms with Crippen molar-refractivity contribution in [3.8, 4) is 11.1 Å². The molecule has 0 spiro atoms. The zero-order chi connectivity index (χ0) is 53.8. The highest BCUT2D eigenvalue weighted by Gasteiger charge is 2.50. The minimum absolute atomic E-state index is 0.0147. The summed E-state index contributed by atoms with van der Waals surface area (Å²) in [5.74, 6) is 0. The summed E-state index contributed by atoms with van der Waals surface area (Å²) in [6, 6.07) is 45.3. The molecule has 0 atom stereocenters. The molecule has 390 valence electrons. The molecule has 2 nitrogen and oxygen atoms in total. The quantitative estimate of drug-likeness (QED) is 0.163. The number of fused-ring (bicyclic) bond motifs is 9. The molecule has 4 aliphatic carbocycles. The average Bonchev–Trinajstić information content (AvgIpc) is 3.37. The summed E-state index contributed by atoms with van der Waals surface area (Å²) in [6.07, 6.45) is 9.43. The van der Waals surface area contributed by atoms with Crippen LogP contribution in [0.5, 0.6) is 0 Å². The van der Waals surface area contributed by atoms with Gasteiger partial charge in [0.2, 0.25) is 0 Å². The molecule has 76 heavy (non-hydrogen) atoms. The van der Waals surface area contributed by atoms with E-state index in [9.17, 15) is 0 Å². The molecular formula is C73H85BN2. The standard InChI is InChI=1S/C73H85BN2/c1-44-34-63-65-64(35-44)76(60-41-55-52(68(6,7)28-31-71(55,12)13)38-49(60)47-23-22-45-20-18-19-21-46(45)36-47)62-43-57-54(70(10,11)30-33-73(57,16)17)40-59(62)74(65)58-39-53-56(72(14,15)32-29-69(53,8)9)42-61(58)75(63)48-24-25-50-51(37-48)67(4,5)27-26-66(50,2)3/h18-25,34-43H,26-33H2,1-17H3. The molecule has 7 aromatic carbocycles. The van der Waals surface area contributed by atoms with Gasteiger partial charge in [-0.15, -0.1) is 0 Å². The van der Waals surface area contributed by atoms with Crippen LogP contribution in [0.3, 0.4) is 0 Å². The van der Waals surface area contributed by atoms with E-state index in [2.05, 4.69) is 237 Å². The van der Waals surface area contributed by atoms with Crippen molar-refractivity contribution in [2.45, 2.75) is 212 Å². The predicted octanol–water partition coefficient (Wildman–Crippen LogP) is 18.3. The molecule has 0 amide bonds. The van der Waals surface area contributed by atoms with Crippen LogP contribution in [0.25, 0.3) is 21.9 Å². The van der Waals surface area contributed by atoms with Gasteiger partial charge in [-0.2, -0.15) is 0 Å². The van der Waals surface area contributed by atoms with Gasteiger partial charge in [0.1, 0.15) is 0 Å². The number of hydrogen-bond donors (Lipinski definition) is 0. The number of hydrogen-bond acceptors (Lipinski definition) is 2. The lowest BCUT2D eigenvalue weighted by Gasteiger charge is -2.49. The largest absolute Gasteiger partial charge is 0.311 e. The van der Waals surface area contributed by atoms with Gasteiger partial charge in [0.15, 0.2) is 0 Å². The topological polar surface area (TPSA) is 6.48 Å². The molecule has 2 heterocycles. The van der Waals surface area contributed by atoms with Crippen molar-refractivity contribution in [2.75, 3.05) is 9.80 Å². The monoisotopic (exact) mass is 1000 g/mol. The molecule has 6 aliphatic rings. The van der Waals surface area contributed by atoms with Gasteiger partial charge in [0.25, 0.3) is 6.71 Å².